The molecule has 1 N–H and O–H groups in total. The Morgan fingerprint density at radius 1 is 1.36 bits per heavy atom. The van der Waals surface area contributed by atoms with Crippen molar-refractivity contribution in [3.8, 4) is 12.3 Å². The number of anilines is 1. The highest BCUT2D eigenvalue weighted by molar-refractivity contribution is 7.93. The van der Waals surface area contributed by atoms with Gasteiger partial charge >= 0.3 is 0 Å². The molecule has 1 saturated heterocycles. The normalized spacial score (nSPS) is 22.5. The number of rotatable bonds is 8. The molecule has 2 aliphatic heterocycles. The maximum atomic E-state index is 12.3. The summed E-state index contributed by atoms with van der Waals surface area (Å²) in [4.78, 5) is 12.3. The Hall–Kier alpha value is -2.40. The third-order valence-corrected chi connectivity index (χ3v) is 7.19. The highest BCUT2D eigenvalue weighted by atomic mass is 32.2. The van der Waals surface area contributed by atoms with Gasteiger partial charge in [-0.2, -0.15) is 10.2 Å². The van der Waals surface area contributed by atoms with Gasteiger partial charge in [0.15, 0.2) is 5.66 Å². The van der Waals surface area contributed by atoms with Crippen molar-refractivity contribution in [3.05, 3.63) is 29.8 Å². The van der Waals surface area contributed by atoms with E-state index in [-0.39, 0.29) is 23.6 Å². The first-order chi connectivity index (χ1) is 13.2. The van der Waals surface area contributed by atoms with Crippen LogP contribution in [0.4, 0.5) is 5.69 Å². The van der Waals surface area contributed by atoms with Crippen LogP contribution in [0, 0.1) is 18.3 Å². The Labute approximate surface area is 166 Å². The van der Waals surface area contributed by atoms with Crippen LogP contribution < -0.4 is 9.62 Å². The van der Waals surface area contributed by atoms with Crippen LogP contribution in [0.25, 0.3) is 0 Å². The molecule has 2 heterocycles. The van der Waals surface area contributed by atoms with E-state index in [1.54, 1.807) is 12.1 Å². The number of sulfonamides is 1. The summed E-state index contributed by atoms with van der Waals surface area (Å²) in [5.74, 6) is 2.82. The summed E-state index contributed by atoms with van der Waals surface area (Å²) >= 11 is 0. The molecule has 1 fully saturated rings. The summed E-state index contributed by atoms with van der Waals surface area (Å²) in [6.45, 7) is 4.34. The first-order valence-corrected chi connectivity index (χ1v) is 11.1. The fraction of sp³-hybridized carbons (Fsp3) is 0.550. The average Bonchev–Trinajstić information content (AvgIpc) is 3.36. The van der Waals surface area contributed by atoms with Crippen LogP contribution >= 0.6 is 0 Å². The molecule has 0 aromatic heterocycles. The van der Waals surface area contributed by atoms with E-state index in [1.165, 1.54) is 4.31 Å². The zero-order valence-corrected chi connectivity index (χ0v) is 17.1. The van der Waals surface area contributed by atoms with Gasteiger partial charge in [0.2, 0.25) is 15.9 Å². The lowest BCUT2D eigenvalue weighted by atomic mass is 10.0. The number of benzene rings is 1. The van der Waals surface area contributed by atoms with E-state index in [9.17, 15) is 13.2 Å². The third-order valence-electron chi connectivity index (χ3n) is 5.17. The van der Waals surface area contributed by atoms with E-state index in [0.29, 0.717) is 37.9 Å². The van der Waals surface area contributed by atoms with Gasteiger partial charge < -0.3 is 5.32 Å². The zero-order chi connectivity index (χ0) is 20.4. The molecule has 28 heavy (non-hydrogen) atoms. The Kier molecular flexibility index (Phi) is 5.75. The van der Waals surface area contributed by atoms with Crippen LogP contribution in [0.2, 0.25) is 0 Å². The molecule has 0 radical (unpaired) electrons. The SMILES string of the molecule is C#CCCC1(CCC(=O)NC(C)c2ccc(N3CC(C)CS3(=O)=O)cc2)N=N1. The summed E-state index contributed by atoms with van der Waals surface area (Å²) in [6, 6.07) is 7.14. The Morgan fingerprint density at radius 3 is 2.57 bits per heavy atom. The lowest BCUT2D eigenvalue weighted by molar-refractivity contribution is -0.122. The Morgan fingerprint density at radius 2 is 2.04 bits per heavy atom. The van der Waals surface area contributed by atoms with Crippen molar-refractivity contribution in [2.75, 3.05) is 16.6 Å². The maximum absolute atomic E-state index is 12.3. The summed E-state index contributed by atoms with van der Waals surface area (Å²) in [5, 5.41) is 11.1. The molecule has 0 aliphatic carbocycles. The van der Waals surface area contributed by atoms with Gasteiger partial charge in [-0.15, -0.1) is 12.3 Å². The fourth-order valence-corrected chi connectivity index (χ4v) is 5.40. The maximum Gasteiger partial charge on any atom is 0.235 e. The first-order valence-electron chi connectivity index (χ1n) is 9.52. The van der Waals surface area contributed by atoms with Gasteiger partial charge in [-0.1, -0.05) is 19.1 Å². The van der Waals surface area contributed by atoms with E-state index in [4.69, 9.17) is 6.42 Å². The standard InChI is InChI=1S/C20H26N4O3S/c1-4-5-11-20(22-23-20)12-10-19(25)21-16(3)17-6-8-18(9-7-17)24-13-15(2)14-28(24,26)27/h1,6-9,15-16H,5,10-14H2,2-3H3,(H,21,25). The number of hydrogen-bond donors (Lipinski definition) is 1. The number of nitrogens with one attached hydrogen (secondary N) is 1. The molecule has 1 aromatic rings. The molecule has 2 unspecified atom stereocenters. The predicted molar refractivity (Wildman–Crippen MR) is 108 cm³/mol. The van der Waals surface area contributed by atoms with E-state index in [2.05, 4.69) is 21.5 Å². The molecule has 2 aliphatic rings. The molecular formula is C20H26N4O3S. The number of amides is 1. The summed E-state index contributed by atoms with van der Waals surface area (Å²) in [5.41, 5.74) is 1.14. The van der Waals surface area contributed by atoms with Crippen LogP contribution in [0.3, 0.4) is 0 Å². The second-order valence-electron chi connectivity index (χ2n) is 7.68. The van der Waals surface area contributed by atoms with Crippen molar-refractivity contribution in [3.63, 3.8) is 0 Å². The smallest absolute Gasteiger partial charge is 0.235 e. The minimum Gasteiger partial charge on any atom is -0.350 e. The Balaban J connectivity index is 1.53. The van der Waals surface area contributed by atoms with E-state index in [0.717, 1.165) is 5.56 Å². The van der Waals surface area contributed by atoms with Crippen LogP contribution in [0.15, 0.2) is 34.5 Å². The van der Waals surface area contributed by atoms with Gasteiger partial charge in [0.25, 0.3) is 0 Å². The number of terminal acetylenes is 1. The van der Waals surface area contributed by atoms with Gasteiger partial charge in [-0.05, 0) is 30.5 Å². The molecule has 1 amide bonds. The van der Waals surface area contributed by atoms with Crippen molar-refractivity contribution in [2.24, 2.45) is 16.1 Å². The van der Waals surface area contributed by atoms with Crippen molar-refractivity contribution >= 4 is 21.6 Å². The molecule has 0 bridgehead atoms. The lowest BCUT2D eigenvalue weighted by Crippen LogP contribution is -2.28. The first kappa shape index (κ1) is 20.3. The highest BCUT2D eigenvalue weighted by Crippen LogP contribution is 2.37. The number of carbonyl (C=O) groups excluding carboxylic acids is 1. The van der Waals surface area contributed by atoms with Gasteiger partial charge in [0.05, 0.1) is 17.5 Å². The van der Waals surface area contributed by atoms with Crippen molar-refractivity contribution < 1.29 is 13.2 Å². The van der Waals surface area contributed by atoms with Gasteiger partial charge in [-0.3, -0.25) is 9.10 Å². The average molecular weight is 403 g/mol. The number of hydrogen-bond acceptors (Lipinski definition) is 5. The van der Waals surface area contributed by atoms with E-state index >= 15 is 0 Å². The molecule has 7 nitrogen and oxygen atoms in total. The topological polar surface area (TPSA) is 91.2 Å². The monoisotopic (exact) mass is 402 g/mol. The molecular weight excluding hydrogens is 376 g/mol. The minimum absolute atomic E-state index is 0.0649. The molecule has 1 aromatic carbocycles. The molecule has 3 rings (SSSR count). The molecule has 0 spiro atoms. The fourth-order valence-electron chi connectivity index (χ4n) is 3.47. The molecule has 0 saturated carbocycles. The van der Waals surface area contributed by atoms with Gasteiger partial charge in [-0.25, -0.2) is 8.42 Å². The summed E-state index contributed by atoms with van der Waals surface area (Å²) < 4.78 is 25.9. The third kappa shape index (κ3) is 4.71. The zero-order valence-electron chi connectivity index (χ0n) is 16.3. The van der Waals surface area contributed by atoms with Gasteiger partial charge in [0, 0.05) is 32.2 Å². The number of nitrogens with zero attached hydrogens (tertiary/aromatic N) is 3. The predicted octanol–water partition coefficient (Wildman–Crippen LogP) is 3.01. The molecule has 2 atom stereocenters. The summed E-state index contributed by atoms with van der Waals surface area (Å²) in [7, 11) is -3.23. The minimum atomic E-state index is -3.23. The largest absolute Gasteiger partial charge is 0.350 e. The Bertz CT molecular complexity index is 896. The summed E-state index contributed by atoms with van der Waals surface area (Å²) in [6.07, 6.45) is 7.46. The second kappa shape index (κ2) is 7.92. The van der Waals surface area contributed by atoms with Gasteiger partial charge in [0.1, 0.15) is 0 Å². The highest BCUT2D eigenvalue weighted by Gasteiger charge is 2.39. The molecule has 8 heteroatoms. The second-order valence-corrected chi connectivity index (χ2v) is 9.62. The quantitative estimate of drug-likeness (QED) is 0.678. The van der Waals surface area contributed by atoms with Crippen LogP contribution in [-0.4, -0.2) is 32.3 Å². The van der Waals surface area contributed by atoms with Crippen molar-refractivity contribution in [1.82, 2.24) is 5.32 Å². The van der Waals surface area contributed by atoms with Crippen molar-refractivity contribution in [1.29, 1.82) is 0 Å². The van der Waals surface area contributed by atoms with Crippen LogP contribution in [0.5, 0.6) is 0 Å². The number of carbonyl (C=O) groups is 1. The van der Waals surface area contributed by atoms with Crippen LogP contribution in [0.1, 0.15) is 51.1 Å². The van der Waals surface area contributed by atoms with E-state index < -0.39 is 15.7 Å². The van der Waals surface area contributed by atoms with Crippen LogP contribution in [-0.2, 0) is 14.8 Å². The van der Waals surface area contributed by atoms with E-state index in [1.807, 2.05) is 26.0 Å². The molecule has 150 valence electrons. The van der Waals surface area contributed by atoms with Crippen molar-refractivity contribution in [2.45, 2.75) is 51.2 Å². The lowest BCUT2D eigenvalue weighted by Gasteiger charge is -2.19.